The molecule has 0 spiro atoms. The summed E-state index contributed by atoms with van der Waals surface area (Å²) in [6.45, 7) is 3.04. The molecule has 2 N–H and O–H groups in total. The van der Waals surface area contributed by atoms with Crippen LogP contribution in [0.1, 0.15) is 23.5 Å². The average molecular weight is 220 g/mol. The van der Waals surface area contributed by atoms with Crippen LogP contribution in [0.3, 0.4) is 0 Å². The maximum absolute atomic E-state index is 5.89. The van der Waals surface area contributed by atoms with E-state index in [9.17, 15) is 0 Å². The lowest BCUT2D eigenvalue weighted by molar-refractivity contribution is 0.628. The number of aryl methyl sites for hydroxylation is 2. The summed E-state index contributed by atoms with van der Waals surface area (Å²) in [5.41, 5.74) is 7.10. The highest BCUT2D eigenvalue weighted by Crippen LogP contribution is 2.14. The van der Waals surface area contributed by atoms with Crippen molar-refractivity contribution < 1.29 is 0 Å². The van der Waals surface area contributed by atoms with Crippen LogP contribution in [0.2, 0.25) is 0 Å². The maximum Gasteiger partial charge on any atom is 0.0421 e. The van der Waals surface area contributed by atoms with Gasteiger partial charge >= 0.3 is 0 Å². The monoisotopic (exact) mass is 220 g/mol. The van der Waals surface area contributed by atoms with E-state index in [1.165, 1.54) is 10.6 Å². The molecule has 2 rings (SSSR count). The second-order valence-corrected chi connectivity index (χ2v) is 4.78. The van der Waals surface area contributed by atoms with Crippen molar-refractivity contribution in [2.75, 3.05) is 0 Å². The third kappa shape index (κ3) is 2.49. The first-order valence-corrected chi connectivity index (χ1v) is 6.08. The Morgan fingerprint density at radius 3 is 2.93 bits per heavy atom. The second-order valence-electron chi connectivity index (χ2n) is 3.74. The van der Waals surface area contributed by atoms with Gasteiger partial charge in [0.15, 0.2) is 0 Å². The molecule has 2 aromatic heterocycles. The van der Waals surface area contributed by atoms with Crippen LogP contribution in [-0.2, 0) is 13.0 Å². The van der Waals surface area contributed by atoms with Crippen molar-refractivity contribution in [3.8, 4) is 0 Å². The van der Waals surface area contributed by atoms with Gasteiger partial charge in [-0.05, 0) is 36.9 Å². The van der Waals surface area contributed by atoms with Gasteiger partial charge in [-0.1, -0.05) is 6.07 Å². The lowest BCUT2D eigenvalue weighted by atomic mass is 10.2. The first-order valence-electron chi connectivity index (χ1n) is 5.20. The van der Waals surface area contributed by atoms with E-state index in [1.54, 1.807) is 0 Å². The minimum Gasteiger partial charge on any atom is -0.350 e. The van der Waals surface area contributed by atoms with Crippen LogP contribution in [0.15, 0.2) is 35.8 Å². The summed E-state index contributed by atoms with van der Waals surface area (Å²) in [4.78, 5) is 1.43. The van der Waals surface area contributed by atoms with Gasteiger partial charge in [0.05, 0.1) is 0 Å². The van der Waals surface area contributed by atoms with Gasteiger partial charge in [0.2, 0.25) is 0 Å². The lowest BCUT2D eigenvalue weighted by Crippen LogP contribution is -2.12. The van der Waals surface area contributed by atoms with Crippen LogP contribution >= 0.6 is 11.3 Å². The van der Waals surface area contributed by atoms with Gasteiger partial charge in [-0.2, -0.15) is 0 Å². The number of thiophene rings is 1. The van der Waals surface area contributed by atoms with E-state index in [-0.39, 0.29) is 6.04 Å². The SMILES string of the molecule is CC(N)c1cccn1CCc1cccs1. The average Bonchev–Trinajstić information content (AvgIpc) is 2.86. The van der Waals surface area contributed by atoms with Crippen molar-refractivity contribution in [2.24, 2.45) is 5.73 Å². The number of nitrogens with two attached hydrogens (primary N) is 1. The zero-order valence-electron chi connectivity index (χ0n) is 8.89. The summed E-state index contributed by atoms with van der Waals surface area (Å²) in [7, 11) is 0. The lowest BCUT2D eigenvalue weighted by Gasteiger charge is -2.11. The van der Waals surface area contributed by atoms with Crippen LogP contribution < -0.4 is 5.73 Å². The number of aromatic nitrogens is 1. The smallest absolute Gasteiger partial charge is 0.0421 e. The van der Waals surface area contributed by atoms with Crippen LogP contribution in [0.5, 0.6) is 0 Å². The van der Waals surface area contributed by atoms with Gasteiger partial charge in [0.25, 0.3) is 0 Å². The molecule has 0 aliphatic heterocycles. The predicted octanol–water partition coefficient (Wildman–Crippen LogP) is 2.81. The van der Waals surface area contributed by atoms with Crippen LogP contribution in [0.25, 0.3) is 0 Å². The molecular weight excluding hydrogens is 204 g/mol. The highest BCUT2D eigenvalue weighted by Gasteiger charge is 2.05. The van der Waals surface area contributed by atoms with E-state index in [2.05, 4.69) is 40.4 Å². The highest BCUT2D eigenvalue weighted by atomic mass is 32.1. The Morgan fingerprint density at radius 1 is 1.40 bits per heavy atom. The van der Waals surface area contributed by atoms with Crippen molar-refractivity contribution in [1.82, 2.24) is 4.57 Å². The molecule has 2 aromatic rings. The molecule has 0 saturated heterocycles. The molecule has 80 valence electrons. The van der Waals surface area contributed by atoms with Crippen molar-refractivity contribution in [3.05, 3.63) is 46.4 Å². The van der Waals surface area contributed by atoms with E-state index in [4.69, 9.17) is 5.73 Å². The Morgan fingerprint density at radius 2 is 2.27 bits per heavy atom. The van der Waals surface area contributed by atoms with Gasteiger partial charge in [-0.3, -0.25) is 0 Å². The summed E-state index contributed by atoms with van der Waals surface area (Å²) < 4.78 is 2.24. The third-order valence-corrected chi connectivity index (χ3v) is 3.45. The summed E-state index contributed by atoms with van der Waals surface area (Å²) >= 11 is 1.81. The van der Waals surface area contributed by atoms with Crippen LogP contribution in [-0.4, -0.2) is 4.57 Å². The van der Waals surface area contributed by atoms with E-state index >= 15 is 0 Å². The molecule has 1 atom stereocenters. The molecule has 0 saturated carbocycles. The normalized spacial score (nSPS) is 12.9. The number of hydrogen-bond donors (Lipinski definition) is 1. The molecular formula is C12H16N2S. The maximum atomic E-state index is 5.89. The van der Waals surface area contributed by atoms with Gasteiger partial charge in [0, 0.05) is 29.4 Å². The predicted molar refractivity (Wildman–Crippen MR) is 65.1 cm³/mol. The fraction of sp³-hybridized carbons (Fsp3) is 0.333. The van der Waals surface area contributed by atoms with Gasteiger partial charge in [-0.25, -0.2) is 0 Å². The Labute approximate surface area is 94.3 Å². The minimum atomic E-state index is 0.114. The molecule has 0 aliphatic carbocycles. The molecule has 0 aromatic carbocycles. The Hall–Kier alpha value is -1.06. The van der Waals surface area contributed by atoms with Crippen molar-refractivity contribution in [3.63, 3.8) is 0 Å². The van der Waals surface area contributed by atoms with Gasteiger partial charge in [-0.15, -0.1) is 11.3 Å². The minimum absolute atomic E-state index is 0.114. The fourth-order valence-corrected chi connectivity index (χ4v) is 2.43. The molecule has 0 aliphatic rings. The molecule has 2 heterocycles. The molecule has 0 bridgehead atoms. The summed E-state index contributed by atoms with van der Waals surface area (Å²) in [6.07, 6.45) is 3.19. The van der Waals surface area contributed by atoms with E-state index in [1.807, 2.05) is 18.3 Å². The topological polar surface area (TPSA) is 30.9 Å². The number of rotatable bonds is 4. The van der Waals surface area contributed by atoms with Crippen LogP contribution in [0.4, 0.5) is 0 Å². The van der Waals surface area contributed by atoms with Crippen molar-refractivity contribution in [2.45, 2.75) is 25.9 Å². The first-order chi connectivity index (χ1) is 7.27. The quantitative estimate of drug-likeness (QED) is 0.844. The second kappa shape index (κ2) is 4.64. The molecule has 15 heavy (non-hydrogen) atoms. The largest absolute Gasteiger partial charge is 0.350 e. The van der Waals surface area contributed by atoms with E-state index in [0.717, 1.165) is 13.0 Å². The Kier molecular flexibility index (Phi) is 3.23. The van der Waals surface area contributed by atoms with Crippen molar-refractivity contribution in [1.29, 1.82) is 0 Å². The molecule has 0 amide bonds. The zero-order chi connectivity index (χ0) is 10.7. The fourth-order valence-electron chi connectivity index (χ4n) is 1.73. The highest BCUT2D eigenvalue weighted by molar-refractivity contribution is 7.09. The summed E-state index contributed by atoms with van der Waals surface area (Å²) in [6, 6.07) is 8.55. The molecule has 0 fully saturated rings. The molecule has 1 unspecified atom stereocenters. The third-order valence-electron chi connectivity index (χ3n) is 2.51. The van der Waals surface area contributed by atoms with Gasteiger partial charge < -0.3 is 10.3 Å². The van der Waals surface area contributed by atoms with Gasteiger partial charge in [0.1, 0.15) is 0 Å². The Balaban J connectivity index is 2.02. The molecule has 2 nitrogen and oxygen atoms in total. The molecule has 0 radical (unpaired) electrons. The number of hydrogen-bond acceptors (Lipinski definition) is 2. The summed E-state index contributed by atoms with van der Waals surface area (Å²) in [5, 5.41) is 2.12. The standard InChI is InChI=1S/C12H16N2S/c1-10(13)12-5-2-7-14(12)8-6-11-4-3-9-15-11/h2-5,7,9-10H,6,8,13H2,1H3. The van der Waals surface area contributed by atoms with E-state index < -0.39 is 0 Å². The van der Waals surface area contributed by atoms with Crippen LogP contribution in [0, 0.1) is 0 Å². The summed E-state index contributed by atoms with van der Waals surface area (Å²) in [5.74, 6) is 0. The van der Waals surface area contributed by atoms with Crippen molar-refractivity contribution >= 4 is 11.3 Å². The first kappa shape index (κ1) is 10.5. The molecule has 3 heteroatoms. The Bertz CT molecular complexity index is 401. The zero-order valence-corrected chi connectivity index (χ0v) is 9.70. The number of nitrogens with zero attached hydrogens (tertiary/aromatic N) is 1. The van der Waals surface area contributed by atoms with E-state index in [0.29, 0.717) is 0 Å².